The van der Waals surface area contributed by atoms with Gasteiger partial charge in [0.1, 0.15) is 12.6 Å². The number of aliphatic carboxylic acids is 1. The van der Waals surface area contributed by atoms with Crippen LogP contribution in [0.5, 0.6) is 0 Å². The van der Waals surface area contributed by atoms with Gasteiger partial charge < -0.3 is 30.3 Å². The highest BCUT2D eigenvalue weighted by Gasteiger charge is 2.37. The molecule has 0 bridgehead atoms. The maximum Gasteiger partial charge on any atom is 0.407 e. The fourth-order valence-electron chi connectivity index (χ4n) is 4.21. The average molecular weight is 440 g/mol. The number of amides is 2. The third kappa shape index (κ3) is 4.30. The molecular weight excluding hydrogens is 416 g/mol. The largest absolute Gasteiger partial charge is 0.480 e. The molecule has 1 heterocycles. The Morgan fingerprint density at radius 1 is 1.03 bits per heavy atom. The van der Waals surface area contributed by atoms with Crippen molar-refractivity contribution in [2.45, 2.75) is 18.0 Å². The number of benzene rings is 2. The van der Waals surface area contributed by atoms with E-state index in [0.29, 0.717) is 0 Å². The Morgan fingerprint density at radius 3 is 2.25 bits per heavy atom. The van der Waals surface area contributed by atoms with Crippen molar-refractivity contribution < 1.29 is 34.1 Å². The lowest BCUT2D eigenvalue weighted by molar-refractivity contribution is -0.143. The number of aliphatic hydroxyl groups is 1. The van der Waals surface area contributed by atoms with E-state index in [9.17, 15) is 14.4 Å². The Balaban J connectivity index is 1.37. The number of hydrogen-bond acceptors (Lipinski definition) is 6. The molecule has 1 aliphatic heterocycles. The molecule has 0 saturated carbocycles. The minimum atomic E-state index is -1.42. The van der Waals surface area contributed by atoms with Crippen LogP contribution in [-0.4, -0.2) is 66.7 Å². The normalized spacial score (nSPS) is 20.2. The zero-order valence-electron chi connectivity index (χ0n) is 17.2. The third-order valence-electron chi connectivity index (χ3n) is 5.86. The Bertz CT molecular complexity index is 979. The van der Waals surface area contributed by atoms with E-state index in [1.807, 2.05) is 48.5 Å². The minimum Gasteiger partial charge on any atom is -0.480 e. The maximum atomic E-state index is 12.5. The van der Waals surface area contributed by atoms with Gasteiger partial charge in [-0.05, 0) is 22.3 Å². The number of fused-ring (bicyclic) bond motifs is 3. The summed E-state index contributed by atoms with van der Waals surface area (Å²) in [5.41, 5.74) is 4.42. The molecule has 3 atom stereocenters. The van der Waals surface area contributed by atoms with Crippen LogP contribution in [0, 0.1) is 5.92 Å². The first-order valence-corrected chi connectivity index (χ1v) is 10.3. The number of hydrogen-bond donors (Lipinski definition) is 4. The topological polar surface area (TPSA) is 134 Å². The monoisotopic (exact) mass is 440 g/mol. The predicted molar refractivity (Wildman–Crippen MR) is 113 cm³/mol. The lowest BCUT2D eigenvalue weighted by atomic mass is 9.98. The average Bonchev–Trinajstić information content (AvgIpc) is 3.38. The molecule has 2 aliphatic rings. The second-order valence-electron chi connectivity index (χ2n) is 7.80. The van der Waals surface area contributed by atoms with Gasteiger partial charge in [0.2, 0.25) is 5.91 Å². The number of aliphatic hydroxyl groups excluding tert-OH is 1. The van der Waals surface area contributed by atoms with Gasteiger partial charge in [-0.25, -0.2) is 9.59 Å². The highest BCUT2D eigenvalue weighted by atomic mass is 16.5. The zero-order chi connectivity index (χ0) is 22.7. The predicted octanol–water partition coefficient (Wildman–Crippen LogP) is 1.10. The third-order valence-corrected chi connectivity index (χ3v) is 5.86. The quantitative estimate of drug-likeness (QED) is 0.507. The maximum absolute atomic E-state index is 12.5. The van der Waals surface area contributed by atoms with E-state index in [-0.39, 0.29) is 25.7 Å². The molecule has 2 aromatic carbocycles. The summed E-state index contributed by atoms with van der Waals surface area (Å²) in [4.78, 5) is 35.9. The van der Waals surface area contributed by atoms with Crippen molar-refractivity contribution >= 4 is 18.0 Å². The summed E-state index contributed by atoms with van der Waals surface area (Å²) in [5.74, 6) is -2.84. The van der Waals surface area contributed by atoms with Crippen LogP contribution in [0.1, 0.15) is 17.0 Å². The van der Waals surface area contributed by atoms with E-state index in [2.05, 4.69) is 10.6 Å². The van der Waals surface area contributed by atoms with Crippen LogP contribution in [0.15, 0.2) is 48.5 Å². The van der Waals surface area contributed by atoms with E-state index in [1.165, 1.54) is 0 Å². The second-order valence-corrected chi connectivity index (χ2v) is 7.80. The molecule has 32 heavy (non-hydrogen) atoms. The first kappa shape index (κ1) is 21.8. The summed E-state index contributed by atoms with van der Waals surface area (Å²) in [6, 6.07) is 13.9. The first-order valence-electron chi connectivity index (χ1n) is 10.3. The van der Waals surface area contributed by atoms with Gasteiger partial charge in [-0.3, -0.25) is 4.79 Å². The van der Waals surface area contributed by atoms with Crippen LogP contribution in [-0.2, 0) is 19.1 Å². The first-order chi connectivity index (χ1) is 15.5. The zero-order valence-corrected chi connectivity index (χ0v) is 17.2. The van der Waals surface area contributed by atoms with Crippen molar-refractivity contribution in [2.75, 3.05) is 26.4 Å². The lowest BCUT2D eigenvalue weighted by Crippen LogP contribution is -2.51. The number of carboxylic acids is 1. The van der Waals surface area contributed by atoms with Crippen molar-refractivity contribution in [2.24, 2.45) is 5.92 Å². The van der Waals surface area contributed by atoms with Crippen LogP contribution in [0.25, 0.3) is 11.1 Å². The van der Waals surface area contributed by atoms with Crippen molar-refractivity contribution in [1.82, 2.24) is 10.6 Å². The number of carbonyl (C=O) groups is 3. The highest BCUT2D eigenvalue weighted by molar-refractivity contribution is 5.86. The fraction of sp³-hybridized carbons (Fsp3) is 0.348. The molecule has 2 aromatic rings. The smallest absolute Gasteiger partial charge is 0.407 e. The SMILES string of the molecule is O=C(NC1COCC1C(=O)N[C@H](CO)C(=O)O)OCC1c2ccccc2-c2ccccc21. The van der Waals surface area contributed by atoms with Crippen LogP contribution in [0.4, 0.5) is 4.79 Å². The summed E-state index contributed by atoms with van der Waals surface area (Å²) in [6.07, 6.45) is -0.683. The highest BCUT2D eigenvalue weighted by Crippen LogP contribution is 2.44. The van der Waals surface area contributed by atoms with Crippen molar-refractivity contribution in [1.29, 1.82) is 0 Å². The van der Waals surface area contributed by atoms with E-state index in [4.69, 9.17) is 19.7 Å². The van der Waals surface area contributed by atoms with Crippen LogP contribution < -0.4 is 10.6 Å². The van der Waals surface area contributed by atoms with E-state index in [1.54, 1.807) is 0 Å². The van der Waals surface area contributed by atoms with Gasteiger partial charge in [-0.15, -0.1) is 0 Å². The molecule has 1 saturated heterocycles. The van der Waals surface area contributed by atoms with Crippen molar-refractivity contribution in [3.05, 3.63) is 59.7 Å². The van der Waals surface area contributed by atoms with Gasteiger partial charge in [-0.1, -0.05) is 48.5 Å². The molecule has 168 valence electrons. The molecule has 9 heteroatoms. The van der Waals surface area contributed by atoms with Gasteiger partial charge in [0.25, 0.3) is 0 Å². The minimum absolute atomic E-state index is 0.0257. The number of carboxylic acid groups (broad SMARTS) is 1. The molecule has 4 rings (SSSR count). The fourth-order valence-corrected chi connectivity index (χ4v) is 4.21. The van der Waals surface area contributed by atoms with Crippen LogP contribution in [0.3, 0.4) is 0 Å². The number of nitrogens with one attached hydrogen (secondary N) is 2. The number of carbonyl (C=O) groups excluding carboxylic acids is 2. The molecular formula is C23H24N2O7. The number of rotatable bonds is 7. The lowest BCUT2D eigenvalue weighted by Gasteiger charge is -2.21. The van der Waals surface area contributed by atoms with Crippen LogP contribution >= 0.6 is 0 Å². The van der Waals surface area contributed by atoms with E-state index >= 15 is 0 Å². The Kier molecular flexibility index (Phi) is 6.38. The van der Waals surface area contributed by atoms with Gasteiger partial charge in [0, 0.05) is 5.92 Å². The van der Waals surface area contributed by atoms with Crippen molar-refractivity contribution in [3.63, 3.8) is 0 Å². The molecule has 0 radical (unpaired) electrons. The van der Waals surface area contributed by atoms with Gasteiger partial charge in [-0.2, -0.15) is 0 Å². The van der Waals surface area contributed by atoms with Gasteiger partial charge in [0.05, 0.1) is 31.8 Å². The van der Waals surface area contributed by atoms with Gasteiger partial charge >= 0.3 is 12.1 Å². The molecule has 9 nitrogen and oxygen atoms in total. The number of alkyl carbamates (subject to hydrolysis) is 1. The molecule has 4 N–H and O–H groups in total. The van der Waals surface area contributed by atoms with Gasteiger partial charge in [0.15, 0.2) is 0 Å². The summed E-state index contributed by atoms with van der Waals surface area (Å²) >= 11 is 0. The second kappa shape index (κ2) is 9.37. The molecule has 0 aromatic heterocycles. The van der Waals surface area contributed by atoms with E-state index < -0.39 is 42.6 Å². The Labute approximate surface area is 184 Å². The molecule has 0 spiro atoms. The molecule has 1 aliphatic carbocycles. The Hall–Kier alpha value is -3.43. The summed E-state index contributed by atoms with van der Waals surface area (Å²) in [7, 11) is 0. The summed E-state index contributed by atoms with van der Waals surface area (Å²) in [6.45, 7) is -0.480. The molecule has 2 unspecified atom stereocenters. The van der Waals surface area contributed by atoms with Crippen LogP contribution in [0.2, 0.25) is 0 Å². The Morgan fingerprint density at radius 2 is 1.66 bits per heavy atom. The summed E-state index contributed by atoms with van der Waals surface area (Å²) < 4.78 is 10.8. The molecule has 2 amide bonds. The number of ether oxygens (including phenoxy) is 2. The van der Waals surface area contributed by atoms with Crippen molar-refractivity contribution in [3.8, 4) is 11.1 Å². The standard InChI is InChI=1S/C23H24N2O7/c26-9-19(22(28)29)24-21(27)18-10-31-12-20(18)25-23(30)32-11-17-15-7-3-1-5-13(15)14-6-2-4-8-16(14)17/h1-8,17-20,26H,9-12H2,(H,24,27)(H,25,30)(H,28,29)/t18?,19-,20?/m1/s1. The molecule has 1 fully saturated rings. The van der Waals surface area contributed by atoms with E-state index in [0.717, 1.165) is 22.3 Å². The summed E-state index contributed by atoms with van der Waals surface area (Å²) in [5, 5.41) is 23.0.